The summed E-state index contributed by atoms with van der Waals surface area (Å²) in [5, 5.41) is 20.9. The van der Waals surface area contributed by atoms with Crippen LogP contribution in [0.2, 0.25) is 0 Å². The SMILES string of the molecule is CC(C)(C)OC(=O)N1CC=C(B2OC(C)(C)C(C)(C)O2)CC1.CC(C)(C)OC(=O)N1CC=C(c2ccc(F)c([N+](=O)[O-])c2)CC1.O=[N+]([O-])c1cc(Br)ccc1F. The molecule has 0 aromatic heterocycles. The van der Waals surface area contributed by atoms with E-state index in [4.69, 9.17) is 18.8 Å². The van der Waals surface area contributed by atoms with Gasteiger partial charge in [-0.05, 0) is 117 Å². The summed E-state index contributed by atoms with van der Waals surface area (Å²) in [6, 6.07) is 7.40. The van der Waals surface area contributed by atoms with Crippen LogP contribution in [0.15, 0.2) is 58.5 Å². The van der Waals surface area contributed by atoms with Crippen LogP contribution in [0.1, 0.15) is 87.6 Å². The standard InChI is InChI=1S/C16H28BNO4.C16H19FN2O4.C6H3BrFNO2/c1-14(2,3)20-13(19)18-10-8-12(9-11-18)17-21-15(4,5)16(6,7)22-17;1-16(2,3)23-15(20)18-8-6-11(7-9-18)12-4-5-13(17)14(10-12)19(21)22;7-4-1-2-5(8)6(3-4)9(10)11/h8H,9-11H2,1-7H3;4-6,10H,7-9H2,1-3H3;1-3H. The highest BCUT2D eigenvalue weighted by Gasteiger charge is 2.52. The summed E-state index contributed by atoms with van der Waals surface area (Å²) in [4.78, 5) is 46.7. The second-order valence-corrected chi connectivity index (χ2v) is 17.1. The second kappa shape index (κ2) is 18.2. The summed E-state index contributed by atoms with van der Waals surface area (Å²) < 4.78 is 49.2. The minimum absolute atomic E-state index is 0.267. The quantitative estimate of drug-likeness (QED) is 0.164. The average Bonchev–Trinajstić information content (AvgIpc) is 3.31. The summed E-state index contributed by atoms with van der Waals surface area (Å²) in [6.07, 6.45) is 4.45. The Morgan fingerprint density at radius 1 is 0.768 bits per heavy atom. The van der Waals surface area contributed by atoms with Crippen LogP contribution in [0, 0.1) is 31.9 Å². The largest absolute Gasteiger partial charge is 0.490 e. The van der Waals surface area contributed by atoms with Gasteiger partial charge in [0, 0.05) is 42.8 Å². The van der Waals surface area contributed by atoms with Crippen LogP contribution in [0.5, 0.6) is 0 Å². The molecule has 0 unspecified atom stereocenters. The molecule has 0 radical (unpaired) electrons. The third-order valence-corrected chi connectivity index (χ3v) is 9.42. The number of hydrogen-bond acceptors (Lipinski definition) is 10. The molecule has 2 aromatic carbocycles. The molecule has 14 nitrogen and oxygen atoms in total. The molecule has 0 spiro atoms. The Morgan fingerprint density at radius 3 is 1.61 bits per heavy atom. The summed E-state index contributed by atoms with van der Waals surface area (Å²) in [7, 11) is -0.314. The molecule has 0 bridgehead atoms. The zero-order valence-electron chi connectivity index (χ0n) is 33.4. The van der Waals surface area contributed by atoms with Crippen LogP contribution >= 0.6 is 15.9 Å². The molecule has 0 saturated carbocycles. The molecular formula is C38H50BBrF2N4O10. The molecule has 0 aliphatic carbocycles. The van der Waals surface area contributed by atoms with Gasteiger partial charge < -0.3 is 28.6 Å². The van der Waals surface area contributed by atoms with Gasteiger partial charge in [-0.3, -0.25) is 20.2 Å². The third kappa shape index (κ3) is 13.1. The van der Waals surface area contributed by atoms with Crippen LogP contribution in [-0.2, 0) is 18.8 Å². The molecule has 3 heterocycles. The van der Waals surface area contributed by atoms with Gasteiger partial charge in [-0.1, -0.05) is 34.1 Å². The lowest BCUT2D eigenvalue weighted by molar-refractivity contribution is -0.387. The minimum Gasteiger partial charge on any atom is -0.444 e. The number of hydrogen-bond donors (Lipinski definition) is 0. The van der Waals surface area contributed by atoms with Gasteiger partial charge in [-0.25, -0.2) is 9.59 Å². The lowest BCUT2D eigenvalue weighted by Crippen LogP contribution is -2.41. The molecule has 3 aliphatic heterocycles. The predicted octanol–water partition coefficient (Wildman–Crippen LogP) is 9.44. The molecule has 3 aliphatic rings. The fourth-order valence-corrected chi connectivity index (χ4v) is 5.64. The molecule has 5 rings (SSSR count). The van der Waals surface area contributed by atoms with Crippen molar-refractivity contribution in [1.29, 1.82) is 0 Å². The van der Waals surface area contributed by atoms with Crippen molar-refractivity contribution in [3.63, 3.8) is 0 Å². The fraction of sp³-hybridized carbons (Fsp3) is 0.526. The number of halogens is 3. The number of nitrogens with zero attached hydrogens (tertiary/aromatic N) is 4. The van der Waals surface area contributed by atoms with Crippen LogP contribution in [0.25, 0.3) is 5.57 Å². The third-order valence-electron chi connectivity index (χ3n) is 8.93. The lowest BCUT2D eigenvalue weighted by Gasteiger charge is -2.32. The van der Waals surface area contributed by atoms with E-state index in [1.54, 1.807) is 30.6 Å². The van der Waals surface area contributed by atoms with Crippen molar-refractivity contribution in [1.82, 2.24) is 9.80 Å². The maximum Gasteiger partial charge on any atom is 0.490 e. The summed E-state index contributed by atoms with van der Waals surface area (Å²) in [6.45, 7) is 21.2. The zero-order valence-corrected chi connectivity index (χ0v) is 35.0. The van der Waals surface area contributed by atoms with Crippen molar-refractivity contribution in [3.8, 4) is 0 Å². The Bertz CT molecular complexity index is 1840. The number of nitro benzene ring substituents is 2. The zero-order chi connectivity index (χ0) is 42.4. The van der Waals surface area contributed by atoms with Crippen molar-refractivity contribution in [2.45, 2.75) is 104 Å². The molecule has 306 valence electrons. The highest BCUT2D eigenvalue weighted by Crippen LogP contribution is 2.39. The van der Waals surface area contributed by atoms with Crippen molar-refractivity contribution >= 4 is 52.2 Å². The van der Waals surface area contributed by atoms with E-state index in [9.17, 15) is 38.6 Å². The molecule has 2 aromatic rings. The van der Waals surface area contributed by atoms with E-state index in [2.05, 4.69) is 15.9 Å². The Hall–Kier alpha value is -4.42. The average molecular weight is 852 g/mol. The van der Waals surface area contributed by atoms with E-state index >= 15 is 0 Å². The number of amides is 2. The summed E-state index contributed by atoms with van der Waals surface area (Å²) in [5.41, 5.74) is -0.182. The van der Waals surface area contributed by atoms with Gasteiger partial charge in [0.25, 0.3) is 0 Å². The topological polar surface area (TPSA) is 164 Å². The highest BCUT2D eigenvalue weighted by atomic mass is 79.9. The van der Waals surface area contributed by atoms with E-state index in [1.807, 2.05) is 60.6 Å². The smallest absolute Gasteiger partial charge is 0.444 e. The monoisotopic (exact) mass is 850 g/mol. The van der Waals surface area contributed by atoms with E-state index in [0.29, 0.717) is 42.6 Å². The van der Waals surface area contributed by atoms with Crippen LogP contribution in [-0.4, -0.2) is 87.5 Å². The Labute approximate surface area is 334 Å². The first-order valence-corrected chi connectivity index (χ1v) is 18.7. The van der Waals surface area contributed by atoms with Crippen molar-refractivity contribution in [2.24, 2.45) is 0 Å². The summed E-state index contributed by atoms with van der Waals surface area (Å²) in [5.74, 6) is -1.68. The Balaban J connectivity index is 0.000000239. The molecular weight excluding hydrogens is 801 g/mol. The molecule has 0 N–H and O–H groups in total. The maximum absolute atomic E-state index is 13.4. The number of rotatable bonds is 4. The van der Waals surface area contributed by atoms with E-state index < -0.39 is 50.2 Å². The first-order chi connectivity index (χ1) is 25.7. The second-order valence-electron chi connectivity index (χ2n) is 16.2. The normalized spacial score (nSPS) is 17.6. The first-order valence-electron chi connectivity index (χ1n) is 17.9. The van der Waals surface area contributed by atoms with E-state index in [0.717, 1.165) is 35.7 Å². The fourth-order valence-electron chi connectivity index (χ4n) is 5.29. The maximum atomic E-state index is 13.4. The van der Waals surface area contributed by atoms with Gasteiger partial charge in [0.05, 0.1) is 21.0 Å². The van der Waals surface area contributed by atoms with Crippen molar-refractivity contribution in [2.75, 3.05) is 26.2 Å². The number of carbonyl (C=O) groups is 2. The molecule has 2 amide bonds. The van der Waals surface area contributed by atoms with Crippen LogP contribution in [0.3, 0.4) is 0 Å². The number of carbonyl (C=O) groups excluding carboxylic acids is 2. The lowest BCUT2D eigenvalue weighted by atomic mass is 9.75. The Kier molecular flexibility index (Phi) is 15.0. The number of benzene rings is 2. The molecule has 18 heteroatoms. The van der Waals surface area contributed by atoms with Gasteiger partial charge >= 0.3 is 30.7 Å². The molecule has 56 heavy (non-hydrogen) atoms. The van der Waals surface area contributed by atoms with Crippen LogP contribution < -0.4 is 0 Å². The highest BCUT2D eigenvalue weighted by molar-refractivity contribution is 9.10. The van der Waals surface area contributed by atoms with Crippen molar-refractivity contribution < 1.29 is 47.0 Å². The number of nitro groups is 2. The van der Waals surface area contributed by atoms with Crippen molar-refractivity contribution in [3.05, 3.63) is 95.9 Å². The van der Waals surface area contributed by atoms with E-state index in [-0.39, 0.29) is 24.4 Å². The molecule has 0 atom stereocenters. The van der Waals surface area contributed by atoms with Gasteiger partial charge in [0.2, 0.25) is 11.6 Å². The predicted molar refractivity (Wildman–Crippen MR) is 211 cm³/mol. The van der Waals surface area contributed by atoms with Gasteiger partial charge in [-0.2, -0.15) is 8.78 Å². The number of ether oxygens (including phenoxy) is 2. The molecule has 1 fully saturated rings. The first kappa shape index (κ1) is 46.0. The minimum atomic E-state index is -0.856. The van der Waals surface area contributed by atoms with E-state index in [1.165, 1.54) is 18.2 Å². The van der Waals surface area contributed by atoms with Crippen LogP contribution in [0.4, 0.5) is 29.7 Å². The van der Waals surface area contributed by atoms with Gasteiger partial charge in [0.15, 0.2) is 0 Å². The van der Waals surface area contributed by atoms with Gasteiger partial charge in [-0.15, -0.1) is 0 Å². The van der Waals surface area contributed by atoms with Gasteiger partial charge in [0.1, 0.15) is 11.2 Å². The molecule has 1 saturated heterocycles. The summed E-state index contributed by atoms with van der Waals surface area (Å²) >= 11 is 2.99. The Morgan fingerprint density at radius 2 is 1.21 bits per heavy atom.